The monoisotopic (exact) mass is 419 g/mol. The fourth-order valence-electron chi connectivity index (χ4n) is 3.67. The van der Waals surface area contributed by atoms with Gasteiger partial charge >= 0.3 is 6.18 Å². The van der Waals surface area contributed by atoms with Crippen LogP contribution in [-0.4, -0.2) is 73.2 Å². The molecule has 6 nitrogen and oxygen atoms in total. The molecule has 156 valence electrons. The average Bonchev–Trinajstić information content (AvgIpc) is 3.33. The molecule has 10 heteroatoms. The van der Waals surface area contributed by atoms with Crippen molar-refractivity contribution in [2.75, 3.05) is 46.4 Å². The minimum atomic E-state index is -4.48. The normalized spacial score (nSPS) is 21.4. The predicted octanol–water partition coefficient (Wildman–Crippen LogP) is 2.88. The summed E-state index contributed by atoms with van der Waals surface area (Å²) in [6, 6.07) is 1.39. The molecule has 3 heterocycles. The van der Waals surface area contributed by atoms with Crippen LogP contribution in [0.2, 0.25) is 5.02 Å². The number of hydrogen-bond donors (Lipinski definition) is 1. The Hall–Kier alpha value is -1.74. The van der Waals surface area contributed by atoms with E-state index in [4.69, 9.17) is 16.3 Å². The van der Waals surface area contributed by atoms with E-state index in [1.165, 1.54) is 25.9 Å². The summed E-state index contributed by atoms with van der Waals surface area (Å²) >= 11 is 5.84. The molecule has 0 bridgehead atoms. The molecule has 0 saturated carbocycles. The van der Waals surface area contributed by atoms with Gasteiger partial charge in [0.05, 0.1) is 12.1 Å². The number of aliphatic imine (C=N–C) groups is 1. The van der Waals surface area contributed by atoms with Crippen LogP contribution in [0.25, 0.3) is 0 Å². The number of likely N-dealkylation sites (tertiary alicyclic amines) is 2. The topological polar surface area (TPSA) is 53.0 Å². The number of halogens is 4. The van der Waals surface area contributed by atoms with E-state index in [2.05, 4.69) is 25.1 Å². The number of aromatic nitrogens is 1. The van der Waals surface area contributed by atoms with Crippen molar-refractivity contribution in [2.24, 2.45) is 4.99 Å². The van der Waals surface area contributed by atoms with E-state index < -0.39 is 11.7 Å². The Kier molecular flexibility index (Phi) is 6.87. The summed E-state index contributed by atoms with van der Waals surface area (Å²) in [6.45, 7) is 4.91. The molecule has 1 aromatic heterocycles. The third-order valence-corrected chi connectivity index (χ3v) is 5.36. The van der Waals surface area contributed by atoms with Crippen LogP contribution in [0.1, 0.15) is 24.8 Å². The summed E-state index contributed by atoms with van der Waals surface area (Å²) in [6.07, 6.45) is -0.0762. The molecule has 2 aliphatic rings. The van der Waals surface area contributed by atoms with Crippen molar-refractivity contribution in [1.29, 1.82) is 0 Å². The summed E-state index contributed by atoms with van der Waals surface area (Å²) in [5, 5.41) is 3.07. The molecule has 2 fully saturated rings. The van der Waals surface area contributed by atoms with Crippen molar-refractivity contribution in [3.8, 4) is 5.88 Å². The van der Waals surface area contributed by atoms with E-state index >= 15 is 0 Å². The largest absolute Gasteiger partial charge is 0.475 e. The van der Waals surface area contributed by atoms with Crippen LogP contribution in [-0.2, 0) is 6.18 Å². The van der Waals surface area contributed by atoms with E-state index in [0.717, 1.165) is 37.7 Å². The molecule has 1 aromatic rings. The number of nitrogens with one attached hydrogen (secondary N) is 1. The first-order chi connectivity index (χ1) is 13.4. The van der Waals surface area contributed by atoms with Crippen molar-refractivity contribution in [3.05, 3.63) is 22.8 Å². The second kappa shape index (κ2) is 9.17. The maximum atomic E-state index is 12.6. The lowest BCUT2D eigenvalue weighted by Crippen LogP contribution is -2.43. The van der Waals surface area contributed by atoms with Crippen LogP contribution in [0.4, 0.5) is 13.2 Å². The molecule has 0 spiro atoms. The van der Waals surface area contributed by atoms with E-state index in [0.29, 0.717) is 12.6 Å². The summed E-state index contributed by atoms with van der Waals surface area (Å²) in [4.78, 5) is 12.8. The Labute approximate surface area is 167 Å². The Bertz CT molecular complexity index is 694. The van der Waals surface area contributed by atoms with E-state index in [1.807, 2.05) is 0 Å². The van der Waals surface area contributed by atoms with E-state index in [9.17, 15) is 13.2 Å². The highest BCUT2D eigenvalue weighted by atomic mass is 35.5. The highest BCUT2D eigenvalue weighted by molar-refractivity contribution is 6.31. The SMILES string of the molecule is CN=C(NCCOc1ncc(C(F)(F)F)cc1Cl)N1CCC(N2CCCC2)C1. The molecular formula is C18H25ClF3N5O. The molecule has 1 N–H and O–H groups in total. The van der Waals surface area contributed by atoms with Gasteiger partial charge in [0.25, 0.3) is 0 Å². The van der Waals surface area contributed by atoms with Crippen LogP contribution in [0.3, 0.4) is 0 Å². The molecule has 0 radical (unpaired) electrons. The molecule has 2 aliphatic heterocycles. The number of alkyl halides is 3. The van der Waals surface area contributed by atoms with Gasteiger partial charge in [-0.05, 0) is 38.4 Å². The minimum Gasteiger partial charge on any atom is -0.475 e. The molecule has 1 atom stereocenters. The third kappa shape index (κ3) is 5.20. The standard InChI is InChI=1S/C18H25ClF3N5O/c1-23-17(27-8-4-14(12-27)26-6-2-3-7-26)24-5-9-28-16-15(19)10-13(11-25-16)18(20,21)22/h10-11,14H,2-9,12H2,1H3,(H,23,24). The Morgan fingerprint density at radius 2 is 2.11 bits per heavy atom. The lowest BCUT2D eigenvalue weighted by Gasteiger charge is -2.25. The van der Waals surface area contributed by atoms with Gasteiger partial charge < -0.3 is 15.0 Å². The van der Waals surface area contributed by atoms with Crippen molar-refractivity contribution in [2.45, 2.75) is 31.5 Å². The van der Waals surface area contributed by atoms with Crippen LogP contribution >= 0.6 is 11.6 Å². The van der Waals surface area contributed by atoms with Gasteiger partial charge in [-0.25, -0.2) is 4.98 Å². The summed E-state index contributed by atoms with van der Waals surface area (Å²) < 4.78 is 43.3. The maximum Gasteiger partial charge on any atom is 0.417 e. The number of ether oxygens (including phenoxy) is 1. The van der Waals surface area contributed by atoms with Crippen molar-refractivity contribution in [1.82, 2.24) is 20.1 Å². The molecular weight excluding hydrogens is 395 g/mol. The van der Waals surface area contributed by atoms with Crippen LogP contribution in [0, 0.1) is 0 Å². The molecule has 0 amide bonds. The van der Waals surface area contributed by atoms with Gasteiger partial charge in [0.15, 0.2) is 5.96 Å². The van der Waals surface area contributed by atoms with Gasteiger partial charge in [-0.2, -0.15) is 13.2 Å². The maximum absolute atomic E-state index is 12.6. The minimum absolute atomic E-state index is 0.0123. The highest BCUT2D eigenvalue weighted by Crippen LogP contribution is 2.33. The summed E-state index contributed by atoms with van der Waals surface area (Å²) in [5.41, 5.74) is -0.898. The first-order valence-corrected chi connectivity index (χ1v) is 9.81. The third-order valence-electron chi connectivity index (χ3n) is 5.09. The molecule has 0 aliphatic carbocycles. The lowest BCUT2D eigenvalue weighted by molar-refractivity contribution is -0.137. The van der Waals surface area contributed by atoms with E-state index in [-0.39, 0.29) is 17.5 Å². The van der Waals surface area contributed by atoms with Crippen molar-refractivity contribution in [3.63, 3.8) is 0 Å². The second-order valence-corrected chi connectivity index (χ2v) is 7.37. The smallest absolute Gasteiger partial charge is 0.417 e. The zero-order valence-corrected chi connectivity index (χ0v) is 16.6. The number of guanidine groups is 1. The lowest BCUT2D eigenvalue weighted by atomic mass is 10.2. The molecule has 2 saturated heterocycles. The quantitative estimate of drug-likeness (QED) is 0.452. The molecule has 3 rings (SSSR count). The molecule has 0 aromatic carbocycles. The Morgan fingerprint density at radius 3 is 2.75 bits per heavy atom. The van der Waals surface area contributed by atoms with Gasteiger partial charge in [-0.1, -0.05) is 11.6 Å². The first kappa shape index (κ1) is 21.0. The van der Waals surface area contributed by atoms with Crippen molar-refractivity contribution >= 4 is 17.6 Å². The zero-order chi connectivity index (χ0) is 20.1. The number of pyridine rings is 1. The van der Waals surface area contributed by atoms with Gasteiger partial charge in [0.2, 0.25) is 5.88 Å². The highest BCUT2D eigenvalue weighted by Gasteiger charge is 2.32. The van der Waals surface area contributed by atoms with Crippen LogP contribution in [0.5, 0.6) is 5.88 Å². The van der Waals surface area contributed by atoms with E-state index in [1.54, 1.807) is 7.05 Å². The predicted molar refractivity (Wildman–Crippen MR) is 102 cm³/mol. The van der Waals surface area contributed by atoms with Gasteiger partial charge in [-0.3, -0.25) is 9.89 Å². The fraction of sp³-hybridized carbons (Fsp3) is 0.667. The zero-order valence-electron chi connectivity index (χ0n) is 15.8. The number of hydrogen-bond acceptors (Lipinski definition) is 4. The average molecular weight is 420 g/mol. The van der Waals surface area contributed by atoms with Gasteiger partial charge in [0.1, 0.15) is 11.6 Å². The summed E-state index contributed by atoms with van der Waals surface area (Å²) in [7, 11) is 1.74. The summed E-state index contributed by atoms with van der Waals surface area (Å²) in [5.74, 6) is 0.790. The van der Waals surface area contributed by atoms with Gasteiger partial charge in [-0.15, -0.1) is 0 Å². The first-order valence-electron chi connectivity index (χ1n) is 9.43. The number of rotatable bonds is 5. The second-order valence-electron chi connectivity index (χ2n) is 6.96. The van der Waals surface area contributed by atoms with Gasteiger partial charge in [0, 0.05) is 32.4 Å². The molecule has 28 heavy (non-hydrogen) atoms. The number of nitrogens with zero attached hydrogens (tertiary/aromatic N) is 4. The fourth-order valence-corrected chi connectivity index (χ4v) is 3.89. The Balaban J connectivity index is 1.44. The van der Waals surface area contributed by atoms with Crippen LogP contribution < -0.4 is 10.1 Å². The van der Waals surface area contributed by atoms with Crippen LogP contribution in [0.15, 0.2) is 17.3 Å². The Morgan fingerprint density at radius 1 is 1.36 bits per heavy atom. The molecule has 1 unspecified atom stereocenters. The van der Waals surface area contributed by atoms with Crippen molar-refractivity contribution < 1.29 is 17.9 Å².